The Hall–Kier alpha value is -2.73. The second-order valence-electron chi connectivity index (χ2n) is 5.46. The quantitative estimate of drug-likeness (QED) is 0.581. The molecule has 6 heteroatoms. The number of anilines is 1. The fourth-order valence-electron chi connectivity index (χ4n) is 3.09. The van der Waals surface area contributed by atoms with Gasteiger partial charge in [0.25, 0.3) is 5.91 Å². The van der Waals surface area contributed by atoms with Gasteiger partial charge in [0.1, 0.15) is 0 Å². The molecule has 0 unspecified atom stereocenters. The molecule has 1 amide bonds. The Morgan fingerprint density at radius 1 is 1.09 bits per heavy atom. The minimum absolute atomic E-state index is 0.0319. The Labute approximate surface area is 135 Å². The second-order valence-corrected chi connectivity index (χ2v) is 6.52. The van der Waals surface area contributed by atoms with E-state index in [0.29, 0.717) is 4.88 Å². The fourth-order valence-corrected chi connectivity index (χ4v) is 3.80. The Balaban J connectivity index is 1.70. The second kappa shape index (κ2) is 5.17. The summed E-state index contributed by atoms with van der Waals surface area (Å²) >= 11 is 0.881. The van der Waals surface area contributed by atoms with Crippen LogP contribution in [0.2, 0.25) is 0 Å². The lowest BCUT2D eigenvalue weighted by Crippen LogP contribution is -2.10. The van der Waals surface area contributed by atoms with Crippen LogP contribution in [0.5, 0.6) is 0 Å². The number of nitro groups is 1. The average Bonchev–Trinajstić information content (AvgIpc) is 3.18. The molecule has 0 saturated carbocycles. The molecule has 0 radical (unpaired) electrons. The summed E-state index contributed by atoms with van der Waals surface area (Å²) < 4.78 is 0. The Morgan fingerprint density at radius 2 is 1.87 bits per heavy atom. The van der Waals surface area contributed by atoms with Gasteiger partial charge < -0.3 is 5.32 Å². The van der Waals surface area contributed by atoms with E-state index < -0.39 is 4.92 Å². The van der Waals surface area contributed by atoms with E-state index in [9.17, 15) is 14.9 Å². The van der Waals surface area contributed by atoms with Gasteiger partial charge in [0.05, 0.1) is 9.80 Å². The third-order valence-corrected chi connectivity index (χ3v) is 5.16. The van der Waals surface area contributed by atoms with Crippen LogP contribution in [-0.4, -0.2) is 10.8 Å². The summed E-state index contributed by atoms with van der Waals surface area (Å²) in [6.45, 7) is 0. The highest BCUT2D eigenvalue weighted by atomic mass is 32.1. The number of carbonyl (C=O) groups excluding carboxylic acids is 1. The van der Waals surface area contributed by atoms with E-state index in [1.807, 2.05) is 24.3 Å². The van der Waals surface area contributed by atoms with E-state index in [0.717, 1.165) is 35.3 Å². The molecule has 2 aromatic carbocycles. The molecule has 0 bridgehead atoms. The maximum absolute atomic E-state index is 12.4. The zero-order chi connectivity index (χ0) is 16.0. The number of aryl methyl sites for hydroxylation is 2. The summed E-state index contributed by atoms with van der Waals surface area (Å²) in [6.07, 6.45) is 2.06. The number of amides is 1. The predicted molar refractivity (Wildman–Crippen MR) is 90.3 cm³/mol. The molecule has 0 saturated heterocycles. The lowest BCUT2D eigenvalue weighted by atomic mass is 10.0. The van der Waals surface area contributed by atoms with Crippen LogP contribution < -0.4 is 5.32 Å². The normalized spacial score (nSPS) is 12.5. The van der Waals surface area contributed by atoms with Crippen molar-refractivity contribution in [3.05, 3.63) is 68.6 Å². The van der Waals surface area contributed by atoms with Crippen molar-refractivity contribution in [2.24, 2.45) is 0 Å². The number of nitrogens with zero attached hydrogens (tertiary/aromatic N) is 1. The van der Waals surface area contributed by atoms with Gasteiger partial charge >= 0.3 is 5.00 Å². The van der Waals surface area contributed by atoms with Gasteiger partial charge in [-0.15, -0.1) is 0 Å². The summed E-state index contributed by atoms with van der Waals surface area (Å²) in [6, 6.07) is 12.9. The molecule has 114 valence electrons. The van der Waals surface area contributed by atoms with Crippen molar-refractivity contribution < 1.29 is 9.72 Å². The van der Waals surface area contributed by atoms with Gasteiger partial charge in [-0.2, -0.15) is 0 Å². The van der Waals surface area contributed by atoms with Gasteiger partial charge in [-0.05, 0) is 41.5 Å². The molecule has 1 aliphatic rings. The number of hydrogen-bond donors (Lipinski definition) is 1. The van der Waals surface area contributed by atoms with E-state index in [1.165, 1.54) is 28.6 Å². The first-order valence-electron chi connectivity index (χ1n) is 7.22. The van der Waals surface area contributed by atoms with Crippen LogP contribution >= 0.6 is 11.3 Å². The zero-order valence-electron chi connectivity index (χ0n) is 12.0. The molecule has 1 aliphatic carbocycles. The van der Waals surface area contributed by atoms with Crippen molar-refractivity contribution in [3.8, 4) is 0 Å². The summed E-state index contributed by atoms with van der Waals surface area (Å²) in [7, 11) is 0. The highest BCUT2D eigenvalue weighted by Crippen LogP contribution is 2.35. The highest BCUT2D eigenvalue weighted by molar-refractivity contribution is 7.17. The fraction of sp³-hybridized carbons (Fsp3) is 0.118. The minimum atomic E-state index is -0.486. The molecule has 1 heterocycles. The Bertz CT molecular complexity index is 951. The van der Waals surface area contributed by atoms with Gasteiger partial charge in [0.2, 0.25) is 0 Å². The van der Waals surface area contributed by atoms with Crippen LogP contribution in [-0.2, 0) is 12.8 Å². The number of benzene rings is 2. The van der Waals surface area contributed by atoms with Gasteiger partial charge in [0, 0.05) is 17.1 Å². The number of hydrogen-bond acceptors (Lipinski definition) is 4. The number of nitrogens with one attached hydrogen (secondary N) is 1. The lowest BCUT2D eigenvalue weighted by molar-refractivity contribution is -0.380. The third-order valence-electron chi connectivity index (χ3n) is 4.12. The Kier molecular flexibility index (Phi) is 3.12. The summed E-state index contributed by atoms with van der Waals surface area (Å²) in [5, 5.41) is 15.8. The predicted octanol–water partition coefficient (Wildman–Crippen LogP) is 4.16. The molecule has 1 N–H and O–H groups in total. The van der Waals surface area contributed by atoms with E-state index in [-0.39, 0.29) is 10.9 Å². The van der Waals surface area contributed by atoms with Crippen molar-refractivity contribution in [2.45, 2.75) is 12.8 Å². The monoisotopic (exact) mass is 324 g/mol. The smallest absolute Gasteiger partial charge is 0.321 e. The maximum Gasteiger partial charge on any atom is 0.324 e. The average molecular weight is 324 g/mol. The van der Waals surface area contributed by atoms with Gasteiger partial charge in [-0.25, -0.2) is 0 Å². The van der Waals surface area contributed by atoms with Crippen LogP contribution in [0, 0.1) is 10.1 Å². The van der Waals surface area contributed by atoms with Crippen LogP contribution in [0.25, 0.3) is 10.8 Å². The van der Waals surface area contributed by atoms with Crippen LogP contribution in [0.15, 0.2) is 42.5 Å². The standard InChI is InChI=1S/C17H12N2O3S/c20-17(14-8-9-15(23-14)19(21)22)18-13-7-6-11-5-4-10-2-1-3-12(13)16(10)11/h1-3,6-9H,4-5H2,(H,18,20). The van der Waals surface area contributed by atoms with E-state index >= 15 is 0 Å². The van der Waals surface area contributed by atoms with Crippen molar-refractivity contribution in [1.29, 1.82) is 0 Å². The van der Waals surface area contributed by atoms with E-state index in [4.69, 9.17) is 0 Å². The van der Waals surface area contributed by atoms with Gasteiger partial charge in [-0.1, -0.05) is 35.6 Å². The number of carbonyl (C=O) groups is 1. The molecular weight excluding hydrogens is 312 g/mol. The lowest BCUT2D eigenvalue weighted by Gasteiger charge is -2.09. The van der Waals surface area contributed by atoms with Crippen molar-refractivity contribution in [1.82, 2.24) is 0 Å². The molecular formula is C17H12N2O3S. The molecule has 0 aliphatic heterocycles. The van der Waals surface area contributed by atoms with Gasteiger partial charge in [0.15, 0.2) is 0 Å². The van der Waals surface area contributed by atoms with Gasteiger partial charge in [-0.3, -0.25) is 14.9 Å². The van der Waals surface area contributed by atoms with Crippen LogP contribution in [0.3, 0.4) is 0 Å². The summed E-state index contributed by atoms with van der Waals surface area (Å²) in [4.78, 5) is 22.9. The van der Waals surface area contributed by atoms with Crippen molar-refractivity contribution >= 4 is 38.7 Å². The first-order chi connectivity index (χ1) is 11.1. The summed E-state index contributed by atoms with van der Waals surface area (Å²) in [5.41, 5.74) is 3.36. The molecule has 5 nitrogen and oxygen atoms in total. The molecule has 1 aromatic heterocycles. The largest absolute Gasteiger partial charge is 0.324 e. The molecule has 0 fully saturated rings. The minimum Gasteiger partial charge on any atom is -0.321 e. The topological polar surface area (TPSA) is 72.2 Å². The number of rotatable bonds is 3. The highest BCUT2D eigenvalue weighted by Gasteiger charge is 2.19. The molecule has 4 rings (SSSR count). The van der Waals surface area contributed by atoms with Crippen molar-refractivity contribution in [2.75, 3.05) is 5.32 Å². The molecule has 3 aromatic rings. The SMILES string of the molecule is O=C(Nc1ccc2c3c(cccc13)CC2)c1ccc([N+](=O)[O-])s1. The van der Waals surface area contributed by atoms with E-state index in [1.54, 1.807) is 0 Å². The molecule has 0 atom stereocenters. The number of thiophene rings is 1. The molecule has 0 spiro atoms. The summed E-state index contributed by atoms with van der Waals surface area (Å²) in [5.74, 6) is -0.318. The first-order valence-corrected chi connectivity index (χ1v) is 8.04. The zero-order valence-corrected chi connectivity index (χ0v) is 12.9. The van der Waals surface area contributed by atoms with Crippen LogP contribution in [0.1, 0.15) is 20.8 Å². The van der Waals surface area contributed by atoms with E-state index in [2.05, 4.69) is 11.4 Å². The first kappa shape index (κ1) is 13.9. The third kappa shape index (κ3) is 2.27. The van der Waals surface area contributed by atoms with Crippen LogP contribution in [0.4, 0.5) is 10.7 Å². The maximum atomic E-state index is 12.4. The van der Waals surface area contributed by atoms with Crippen molar-refractivity contribution in [3.63, 3.8) is 0 Å². The Morgan fingerprint density at radius 3 is 2.61 bits per heavy atom. The molecule has 23 heavy (non-hydrogen) atoms.